The summed E-state index contributed by atoms with van der Waals surface area (Å²) < 4.78 is 6.50. The van der Waals surface area contributed by atoms with Crippen molar-refractivity contribution in [2.45, 2.75) is 27.2 Å². The van der Waals surface area contributed by atoms with Gasteiger partial charge in [-0.2, -0.15) is 0 Å². The SMILES string of the molecule is CC[N+](CC)(CC)CCOC(=O)Cc1cccc2ccccc12. The smallest absolute Gasteiger partial charge is 0.310 e. The Labute approximate surface area is 139 Å². The minimum absolute atomic E-state index is 0.136. The van der Waals surface area contributed by atoms with Crippen molar-refractivity contribution in [3.05, 3.63) is 48.0 Å². The van der Waals surface area contributed by atoms with Gasteiger partial charge in [-0.05, 0) is 37.1 Å². The van der Waals surface area contributed by atoms with E-state index in [1.54, 1.807) is 0 Å². The molecule has 0 saturated heterocycles. The Morgan fingerprint density at radius 1 is 0.957 bits per heavy atom. The van der Waals surface area contributed by atoms with Crippen LogP contribution >= 0.6 is 0 Å². The van der Waals surface area contributed by atoms with E-state index in [1.165, 1.54) is 0 Å². The Hall–Kier alpha value is -1.87. The monoisotopic (exact) mass is 314 g/mol. The lowest BCUT2D eigenvalue weighted by Crippen LogP contribution is -2.49. The van der Waals surface area contributed by atoms with Gasteiger partial charge < -0.3 is 9.22 Å². The minimum Gasteiger partial charge on any atom is -0.459 e. The van der Waals surface area contributed by atoms with Crippen LogP contribution in [0.3, 0.4) is 0 Å². The van der Waals surface area contributed by atoms with Gasteiger partial charge in [0.2, 0.25) is 0 Å². The molecule has 2 rings (SSSR count). The lowest BCUT2D eigenvalue weighted by atomic mass is 10.0. The summed E-state index contributed by atoms with van der Waals surface area (Å²) in [6.45, 7) is 11.2. The van der Waals surface area contributed by atoms with Gasteiger partial charge in [0, 0.05) is 0 Å². The number of hydrogen-bond acceptors (Lipinski definition) is 2. The predicted octanol–water partition coefficient (Wildman–Crippen LogP) is 3.80. The molecule has 2 aromatic rings. The van der Waals surface area contributed by atoms with Gasteiger partial charge >= 0.3 is 5.97 Å². The molecule has 0 radical (unpaired) electrons. The van der Waals surface area contributed by atoms with Crippen LogP contribution in [0, 0.1) is 0 Å². The fourth-order valence-electron chi connectivity index (χ4n) is 3.15. The fraction of sp³-hybridized carbons (Fsp3) is 0.450. The number of carbonyl (C=O) groups is 1. The van der Waals surface area contributed by atoms with Crippen LogP contribution in [0.4, 0.5) is 0 Å². The molecular weight excluding hydrogens is 286 g/mol. The third-order valence-electron chi connectivity index (χ3n) is 5.06. The van der Waals surface area contributed by atoms with Crippen molar-refractivity contribution < 1.29 is 14.0 Å². The molecule has 0 spiro atoms. The zero-order valence-electron chi connectivity index (χ0n) is 14.5. The molecule has 0 heterocycles. The average Bonchev–Trinajstić information content (AvgIpc) is 2.59. The van der Waals surface area contributed by atoms with Gasteiger partial charge in [0.1, 0.15) is 13.2 Å². The zero-order valence-corrected chi connectivity index (χ0v) is 14.5. The predicted molar refractivity (Wildman–Crippen MR) is 95.4 cm³/mol. The normalized spacial score (nSPS) is 11.6. The largest absolute Gasteiger partial charge is 0.459 e. The van der Waals surface area contributed by atoms with Gasteiger partial charge in [-0.1, -0.05) is 42.5 Å². The van der Waals surface area contributed by atoms with Gasteiger partial charge in [0.05, 0.1) is 26.1 Å². The van der Waals surface area contributed by atoms with E-state index in [-0.39, 0.29) is 5.97 Å². The molecule has 0 aliphatic rings. The van der Waals surface area contributed by atoms with E-state index < -0.39 is 0 Å². The molecular formula is C20H28NO2+. The first-order chi connectivity index (χ1) is 11.1. The minimum atomic E-state index is -0.136. The molecule has 0 amide bonds. The summed E-state index contributed by atoms with van der Waals surface area (Å²) in [6, 6.07) is 14.2. The molecule has 3 nitrogen and oxygen atoms in total. The third kappa shape index (κ3) is 4.32. The number of likely N-dealkylation sites (N-methyl/N-ethyl adjacent to an activating group) is 1. The number of ether oxygens (including phenoxy) is 1. The van der Waals surface area contributed by atoms with Crippen LogP contribution in [0.25, 0.3) is 10.8 Å². The highest BCUT2D eigenvalue weighted by Crippen LogP contribution is 2.19. The topological polar surface area (TPSA) is 26.3 Å². The molecule has 0 aliphatic heterocycles. The Bertz CT molecular complexity index is 633. The van der Waals surface area contributed by atoms with Crippen LogP contribution in [-0.4, -0.2) is 43.2 Å². The summed E-state index contributed by atoms with van der Waals surface area (Å²) in [7, 11) is 0. The van der Waals surface area contributed by atoms with Crippen molar-refractivity contribution in [2.24, 2.45) is 0 Å². The van der Waals surface area contributed by atoms with E-state index in [4.69, 9.17) is 4.74 Å². The Balaban J connectivity index is 1.94. The van der Waals surface area contributed by atoms with Crippen LogP contribution in [0.15, 0.2) is 42.5 Å². The molecule has 3 heteroatoms. The number of esters is 1. The quantitative estimate of drug-likeness (QED) is 0.547. The lowest BCUT2D eigenvalue weighted by Gasteiger charge is -2.35. The van der Waals surface area contributed by atoms with Crippen molar-refractivity contribution >= 4 is 16.7 Å². The second-order valence-corrected chi connectivity index (χ2v) is 6.05. The molecule has 0 bridgehead atoms. The van der Waals surface area contributed by atoms with Crippen LogP contribution < -0.4 is 0 Å². The first kappa shape index (κ1) is 17.5. The van der Waals surface area contributed by atoms with Gasteiger partial charge in [0.25, 0.3) is 0 Å². The molecule has 124 valence electrons. The summed E-state index contributed by atoms with van der Waals surface area (Å²) in [6.07, 6.45) is 0.339. The maximum atomic E-state index is 12.2. The number of rotatable bonds is 8. The number of benzene rings is 2. The van der Waals surface area contributed by atoms with Crippen LogP contribution in [0.2, 0.25) is 0 Å². The van der Waals surface area contributed by atoms with Crippen LogP contribution in [0.5, 0.6) is 0 Å². The Morgan fingerprint density at radius 2 is 1.61 bits per heavy atom. The fourth-order valence-corrected chi connectivity index (χ4v) is 3.15. The molecule has 0 N–H and O–H groups in total. The third-order valence-corrected chi connectivity index (χ3v) is 5.06. The maximum Gasteiger partial charge on any atom is 0.310 e. The Morgan fingerprint density at radius 3 is 2.30 bits per heavy atom. The summed E-state index contributed by atoms with van der Waals surface area (Å²) in [5.74, 6) is -0.136. The lowest BCUT2D eigenvalue weighted by molar-refractivity contribution is -0.923. The number of hydrogen-bond donors (Lipinski definition) is 0. The van der Waals surface area contributed by atoms with E-state index in [0.717, 1.165) is 47.0 Å². The van der Waals surface area contributed by atoms with E-state index in [0.29, 0.717) is 13.0 Å². The van der Waals surface area contributed by atoms with Gasteiger partial charge in [0.15, 0.2) is 0 Å². The van der Waals surface area contributed by atoms with Gasteiger partial charge in [-0.15, -0.1) is 0 Å². The summed E-state index contributed by atoms with van der Waals surface area (Å²) in [5, 5.41) is 2.30. The molecule has 0 aliphatic carbocycles. The second-order valence-electron chi connectivity index (χ2n) is 6.05. The van der Waals surface area contributed by atoms with Crippen molar-refractivity contribution in [3.8, 4) is 0 Å². The molecule has 23 heavy (non-hydrogen) atoms. The van der Waals surface area contributed by atoms with E-state index in [1.807, 2.05) is 24.3 Å². The van der Waals surface area contributed by atoms with E-state index in [2.05, 4.69) is 39.0 Å². The zero-order chi connectivity index (χ0) is 16.7. The van der Waals surface area contributed by atoms with Crippen molar-refractivity contribution in [1.29, 1.82) is 0 Å². The van der Waals surface area contributed by atoms with E-state index >= 15 is 0 Å². The van der Waals surface area contributed by atoms with Crippen LogP contribution in [0.1, 0.15) is 26.3 Å². The van der Waals surface area contributed by atoms with Crippen molar-refractivity contribution in [1.82, 2.24) is 0 Å². The molecule has 0 unspecified atom stereocenters. The number of fused-ring (bicyclic) bond motifs is 1. The van der Waals surface area contributed by atoms with Gasteiger partial charge in [-0.3, -0.25) is 4.79 Å². The first-order valence-corrected chi connectivity index (χ1v) is 8.61. The standard InChI is InChI=1S/C20H28NO2/c1-4-21(5-2,6-3)14-15-23-20(22)16-18-12-9-11-17-10-7-8-13-19(17)18/h7-13H,4-6,14-16H2,1-3H3/q+1. The highest BCUT2D eigenvalue weighted by Gasteiger charge is 2.21. The van der Waals surface area contributed by atoms with Crippen LogP contribution in [-0.2, 0) is 16.0 Å². The molecule has 2 aromatic carbocycles. The molecule has 0 saturated carbocycles. The highest BCUT2D eigenvalue weighted by molar-refractivity contribution is 5.88. The molecule has 0 atom stereocenters. The Kier molecular flexibility index (Phi) is 6.17. The first-order valence-electron chi connectivity index (χ1n) is 8.61. The van der Waals surface area contributed by atoms with Crippen molar-refractivity contribution in [2.75, 3.05) is 32.8 Å². The number of carbonyl (C=O) groups excluding carboxylic acids is 1. The van der Waals surface area contributed by atoms with Gasteiger partial charge in [-0.25, -0.2) is 0 Å². The molecule has 0 aromatic heterocycles. The maximum absolute atomic E-state index is 12.2. The number of quaternary nitrogens is 1. The van der Waals surface area contributed by atoms with Crippen molar-refractivity contribution in [3.63, 3.8) is 0 Å². The van der Waals surface area contributed by atoms with E-state index in [9.17, 15) is 4.79 Å². The summed E-state index contributed by atoms with van der Waals surface area (Å²) >= 11 is 0. The molecule has 0 fully saturated rings. The highest BCUT2D eigenvalue weighted by atomic mass is 16.5. The number of nitrogens with zero attached hydrogens (tertiary/aromatic N) is 1. The summed E-state index contributed by atoms with van der Waals surface area (Å²) in [5.41, 5.74) is 1.04. The average molecular weight is 314 g/mol. The summed E-state index contributed by atoms with van der Waals surface area (Å²) in [4.78, 5) is 12.2. The second kappa shape index (κ2) is 8.11.